The average Bonchev–Trinajstić information content (AvgIpc) is 2.33. The average molecular weight is 326 g/mol. The van der Waals surface area contributed by atoms with Crippen molar-refractivity contribution in [1.29, 1.82) is 0 Å². The van der Waals surface area contributed by atoms with Gasteiger partial charge in [0.2, 0.25) is 0 Å². The maximum absolute atomic E-state index is 6.15. The molecule has 94 valence electrons. The molecule has 1 nitrogen and oxygen atoms in total. The maximum atomic E-state index is 6.15. The lowest BCUT2D eigenvalue weighted by atomic mass is 10.1. The van der Waals surface area contributed by atoms with E-state index in [2.05, 4.69) is 28.9 Å². The highest BCUT2D eigenvalue weighted by molar-refractivity contribution is 9.08. The molecule has 0 saturated carbocycles. The third kappa shape index (κ3) is 3.06. The summed E-state index contributed by atoms with van der Waals surface area (Å²) in [6.07, 6.45) is 0. The zero-order chi connectivity index (χ0) is 13.1. The summed E-state index contributed by atoms with van der Waals surface area (Å²) in [5.74, 6) is 1.62. The second kappa shape index (κ2) is 5.77. The van der Waals surface area contributed by atoms with Crippen LogP contribution in [0.5, 0.6) is 11.5 Å². The van der Waals surface area contributed by atoms with Crippen LogP contribution in [0.4, 0.5) is 0 Å². The first kappa shape index (κ1) is 13.4. The molecule has 0 spiro atoms. The molecule has 0 fully saturated rings. The molecule has 0 aliphatic carbocycles. The Bertz CT molecular complexity index is 566. The van der Waals surface area contributed by atoms with E-state index < -0.39 is 0 Å². The molecule has 0 aliphatic heterocycles. The van der Waals surface area contributed by atoms with Crippen LogP contribution in [-0.2, 0) is 5.33 Å². The second-order valence-electron chi connectivity index (χ2n) is 4.26. The van der Waals surface area contributed by atoms with E-state index in [9.17, 15) is 0 Å². The van der Waals surface area contributed by atoms with Crippen LogP contribution < -0.4 is 4.74 Å². The van der Waals surface area contributed by atoms with E-state index in [4.69, 9.17) is 16.3 Å². The molecule has 0 amide bonds. The van der Waals surface area contributed by atoms with Gasteiger partial charge in [-0.2, -0.15) is 0 Å². The Morgan fingerprint density at radius 3 is 2.50 bits per heavy atom. The van der Waals surface area contributed by atoms with Crippen molar-refractivity contribution in [3.63, 3.8) is 0 Å². The van der Waals surface area contributed by atoms with Crippen molar-refractivity contribution < 1.29 is 4.74 Å². The van der Waals surface area contributed by atoms with Crippen molar-refractivity contribution in [2.24, 2.45) is 0 Å². The van der Waals surface area contributed by atoms with Crippen molar-refractivity contribution >= 4 is 27.5 Å². The number of ether oxygens (including phenoxy) is 1. The minimum Gasteiger partial charge on any atom is -0.457 e. The van der Waals surface area contributed by atoms with Gasteiger partial charge >= 0.3 is 0 Å². The van der Waals surface area contributed by atoms with Gasteiger partial charge in [0, 0.05) is 10.4 Å². The van der Waals surface area contributed by atoms with E-state index >= 15 is 0 Å². The molecule has 0 aliphatic rings. The summed E-state index contributed by atoms with van der Waals surface area (Å²) >= 11 is 9.54. The van der Waals surface area contributed by atoms with E-state index in [1.807, 2.05) is 37.3 Å². The lowest BCUT2D eigenvalue weighted by Gasteiger charge is -2.10. The summed E-state index contributed by atoms with van der Waals surface area (Å²) in [5.41, 5.74) is 3.41. The molecule has 0 heterocycles. The molecule has 2 aromatic carbocycles. The van der Waals surface area contributed by atoms with Gasteiger partial charge < -0.3 is 4.74 Å². The number of benzene rings is 2. The van der Waals surface area contributed by atoms with Crippen molar-refractivity contribution in [3.05, 3.63) is 58.1 Å². The van der Waals surface area contributed by atoms with Gasteiger partial charge in [-0.05, 0) is 43.2 Å². The fourth-order valence-electron chi connectivity index (χ4n) is 1.74. The third-order valence-electron chi connectivity index (χ3n) is 2.73. The smallest absolute Gasteiger partial charge is 0.130 e. The molecule has 3 heteroatoms. The van der Waals surface area contributed by atoms with Crippen molar-refractivity contribution in [1.82, 2.24) is 0 Å². The first-order chi connectivity index (χ1) is 8.60. The van der Waals surface area contributed by atoms with Gasteiger partial charge in [-0.1, -0.05) is 51.3 Å². The van der Waals surface area contributed by atoms with Crippen LogP contribution in [0, 0.1) is 13.8 Å². The lowest BCUT2D eigenvalue weighted by molar-refractivity contribution is 0.478. The van der Waals surface area contributed by atoms with Gasteiger partial charge in [0.1, 0.15) is 11.5 Å². The first-order valence-corrected chi connectivity index (χ1v) is 7.19. The van der Waals surface area contributed by atoms with E-state index in [0.717, 1.165) is 28.0 Å². The molecule has 0 aromatic heterocycles. The molecule has 0 N–H and O–H groups in total. The van der Waals surface area contributed by atoms with E-state index in [1.165, 1.54) is 5.56 Å². The van der Waals surface area contributed by atoms with Crippen LogP contribution in [0.25, 0.3) is 0 Å². The van der Waals surface area contributed by atoms with Crippen molar-refractivity contribution in [3.8, 4) is 11.5 Å². The Morgan fingerprint density at radius 1 is 1.11 bits per heavy atom. The highest BCUT2D eigenvalue weighted by Crippen LogP contribution is 2.29. The Kier molecular flexibility index (Phi) is 4.31. The standard InChI is InChI=1S/C15H14BrClO/c1-10-3-6-15(11(2)7-10)18-13-5-4-12(9-16)14(17)8-13/h3-8H,9H2,1-2H3. The van der Waals surface area contributed by atoms with Crippen LogP contribution in [-0.4, -0.2) is 0 Å². The largest absolute Gasteiger partial charge is 0.457 e. The molecular weight excluding hydrogens is 312 g/mol. The second-order valence-corrected chi connectivity index (χ2v) is 5.23. The highest BCUT2D eigenvalue weighted by Gasteiger charge is 2.04. The number of rotatable bonds is 3. The minimum atomic E-state index is 0.717. The zero-order valence-corrected chi connectivity index (χ0v) is 12.7. The molecule has 2 aromatic rings. The zero-order valence-electron chi connectivity index (χ0n) is 10.3. The van der Waals surface area contributed by atoms with Crippen LogP contribution in [0.1, 0.15) is 16.7 Å². The lowest BCUT2D eigenvalue weighted by Crippen LogP contribution is -1.89. The fraction of sp³-hybridized carbons (Fsp3) is 0.200. The summed E-state index contributed by atoms with van der Waals surface area (Å²) in [7, 11) is 0. The molecule has 2 rings (SSSR count). The van der Waals surface area contributed by atoms with Crippen LogP contribution in [0.3, 0.4) is 0 Å². The van der Waals surface area contributed by atoms with E-state index in [0.29, 0.717) is 5.02 Å². The Balaban J connectivity index is 2.26. The predicted octanol–water partition coefficient (Wildman–Crippen LogP) is 5.64. The van der Waals surface area contributed by atoms with Gasteiger partial charge in [0.15, 0.2) is 0 Å². The predicted molar refractivity (Wildman–Crippen MR) is 80.1 cm³/mol. The molecular formula is C15H14BrClO. The minimum absolute atomic E-state index is 0.717. The van der Waals surface area contributed by atoms with E-state index in [-0.39, 0.29) is 0 Å². The molecule has 0 atom stereocenters. The maximum Gasteiger partial charge on any atom is 0.130 e. The number of hydrogen-bond donors (Lipinski definition) is 0. The summed E-state index contributed by atoms with van der Waals surface area (Å²) < 4.78 is 5.84. The van der Waals surface area contributed by atoms with Crippen LogP contribution >= 0.6 is 27.5 Å². The van der Waals surface area contributed by atoms with Gasteiger partial charge in [-0.3, -0.25) is 0 Å². The number of halogens is 2. The molecule has 0 unspecified atom stereocenters. The summed E-state index contributed by atoms with van der Waals surface area (Å²) in [5, 5.41) is 1.46. The van der Waals surface area contributed by atoms with Crippen molar-refractivity contribution in [2.45, 2.75) is 19.2 Å². The molecule has 18 heavy (non-hydrogen) atoms. The van der Waals surface area contributed by atoms with Crippen molar-refractivity contribution in [2.75, 3.05) is 0 Å². The third-order valence-corrected chi connectivity index (χ3v) is 3.68. The van der Waals surface area contributed by atoms with Gasteiger partial charge in [-0.15, -0.1) is 0 Å². The van der Waals surface area contributed by atoms with Crippen LogP contribution in [0.2, 0.25) is 5.02 Å². The molecule has 0 saturated heterocycles. The number of aryl methyl sites for hydroxylation is 2. The van der Waals surface area contributed by atoms with Gasteiger partial charge in [-0.25, -0.2) is 0 Å². The van der Waals surface area contributed by atoms with Gasteiger partial charge in [0.05, 0.1) is 0 Å². The Morgan fingerprint density at radius 2 is 1.89 bits per heavy atom. The number of hydrogen-bond acceptors (Lipinski definition) is 1. The topological polar surface area (TPSA) is 9.23 Å². The summed E-state index contributed by atoms with van der Waals surface area (Å²) in [4.78, 5) is 0. The summed E-state index contributed by atoms with van der Waals surface area (Å²) in [6, 6.07) is 11.9. The SMILES string of the molecule is Cc1ccc(Oc2ccc(CBr)c(Cl)c2)c(C)c1. The Labute approximate surface area is 121 Å². The highest BCUT2D eigenvalue weighted by atomic mass is 79.9. The summed E-state index contributed by atoms with van der Waals surface area (Å²) in [6.45, 7) is 4.11. The monoisotopic (exact) mass is 324 g/mol. The van der Waals surface area contributed by atoms with E-state index in [1.54, 1.807) is 0 Å². The molecule has 0 bridgehead atoms. The number of alkyl halides is 1. The fourth-order valence-corrected chi connectivity index (χ4v) is 2.63. The normalized spacial score (nSPS) is 10.4. The first-order valence-electron chi connectivity index (χ1n) is 5.69. The van der Waals surface area contributed by atoms with Crippen LogP contribution in [0.15, 0.2) is 36.4 Å². The Hall–Kier alpha value is -0.990. The molecule has 0 radical (unpaired) electrons. The quantitative estimate of drug-likeness (QED) is 0.663. The van der Waals surface area contributed by atoms with Gasteiger partial charge in [0.25, 0.3) is 0 Å².